The number of carbonyl (C=O) groups excluding carboxylic acids is 1. The molecule has 29 heavy (non-hydrogen) atoms. The van der Waals surface area contributed by atoms with Gasteiger partial charge in [0.2, 0.25) is 5.91 Å². The van der Waals surface area contributed by atoms with Gasteiger partial charge in [-0.3, -0.25) is 14.9 Å². The lowest BCUT2D eigenvalue weighted by Crippen LogP contribution is -2.27. The van der Waals surface area contributed by atoms with Gasteiger partial charge in [0.05, 0.1) is 17.2 Å². The molecule has 1 amide bonds. The number of furan rings is 1. The summed E-state index contributed by atoms with van der Waals surface area (Å²) in [6, 6.07) is 11.6. The Morgan fingerprint density at radius 2 is 1.79 bits per heavy atom. The molecule has 8 nitrogen and oxygen atoms in total. The largest absolute Gasteiger partial charge is 0.459 e. The van der Waals surface area contributed by atoms with Crippen molar-refractivity contribution in [1.29, 1.82) is 0 Å². The fourth-order valence-corrected chi connectivity index (χ4v) is 3.57. The van der Waals surface area contributed by atoms with E-state index in [9.17, 15) is 14.9 Å². The van der Waals surface area contributed by atoms with Crippen molar-refractivity contribution in [2.45, 2.75) is 25.5 Å². The second kappa shape index (κ2) is 8.87. The van der Waals surface area contributed by atoms with Crippen LogP contribution >= 0.6 is 11.8 Å². The van der Waals surface area contributed by atoms with Crippen molar-refractivity contribution in [2.24, 2.45) is 0 Å². The second-order valence-corrected chi connectivity index (χ2v) is 7.48. The summed E-state index contributed by atoms with van der Waals surface area (Å²) >= 11 is 1.30. The van der Waals surface area contributed by atoms with Crippen LogP contribution in [-0.2, 0) is 11.3 Å². The number of nitro benzene ring substituents is 1. The molecule has 150 valence electrons. The Kier molecular flexibility index (Phi) is 6.28. The molecule has 9 heteroatoms. The number of nitro groups is 1. The fourth-order valence-electron chi connectivity index (χ4n) is 2.68. The second-order valence-electron chi connectivity index (χ2n) is 6.54. The topological polar surface area (TPSA) is 102 Å². The van der Waals surface area contributed by atoms with Crippen molar-refractivity contribution >= 4 is 23.4 Å². The summed E-state index contributed by atoms with van der Waals surface area (Å²) in [5.74, 6) is 1.39. The van der Waals surface area contributed by atoms with Gasteiger partial charge in [-0.15, -0.1) is 0 Å². The summed E-state index contributed by atoms with van der Waals surface area (Å²) in [5.41, 5.74) is 2.50. The normalized spacial score (nSPS) is 10.7. The highest BCUT2D eigenvalue weighted by Crippen LogP contribution is 2.25. The molecule has 0 aliphatic heterocycles. The van der Waals surface area contributed by atoms with Crippen molar-refractivity contribution in [1.82, 2.24) is 14.9 Å². The van der Waals surface area contributed by atoms with Gasteiger partial charge < -0.3 is 9.32 Å². The number of hydrogen-bond donors (Lipinski definition) is 0. The Balaban J connectivity index is 1.58. The van der Waals surface area contributed by atoms with E-state index in [1.54, 1.807) is 36.2 Å². The van der Waals surface area contributed by atoms with E-state index in [4.69, 9.17) is 4.42 Å². The van der Waals surface area contributed by atoms with Crippen LogP contribution in [-0.4, -0.2) is 38.5 Å². The number of thioether (sulfide) groups is 1. The Morgan fingerprint density at radius 1 is 1.14 bits per heavy atom. The predicted octanol–water partition coefficient (Wildman–Crippen LogP) is 4.01. The van der Waals surface area contributed by atoms with Crippen LogP contribution in [0.5, 0.6) is 0 Å². The van der Waals surface area contributed by atoms with Gasteiger partial charge >= 0.3 is 0 Å². The molecule has 0 radical (unpaired) electrons. The van der Waals surface area contributed by atoms with Gasteiger partial charge in [0.15, 0.2) is 5.16 Å². The average molecular weight is 412 g/mol. The van der Waals surface area contributed by atoms with Gasteiger partial charge in [0, 0.05) is 36.1 Å². The number of hydrogen-bond acceptors (Lipinski definition) is 7. The Labute approximate surface area is 172 Å². The number of aryl methyl sites for hydroxylation is 2. The number of amides is 1. The molecule has 3 aromatic rings. The van der Waals surface area contributed by atoms with Crippen LogP contribution in [0.3, 0.4) is 0 Å². The van der Waals surface area contributed by atoms with Crippen LogP contribution in [0.4, 0.5) is 5.69 Å². The van der Waals surface area contributed by atoms with Crippen molar-refractivity contribution < 1.29 is 14.1 Å². The maximum Gasteiger partial charge on any atom is 0.269 e. The highest BCUT2D eigenvalue weighted by Gasteiger charge is 2.14. The number of carbonyl (C=O) groups is 1. The predicted molar refractivity (Wildman–Crippen MR) is 110 cm³/mol. The first kappa shape index (κ1) is 20.5. The molecule has 3 rings (SSSR count). The van der Waals surface area contributed by atoms with Crippen LogP contribution in [0, 0.1) is 24.0 Å². The number of non-ortho nitro benzene ring substituents is 1. The van der Waals surface area contributed by atoms with Crippen molar-refractivity contribution in [3.63, 3.8) is 0 Å². The summed E-state index contributed by atoms with van der Waals surface area (Å²) in [6.45, 7) is 4.11. The fraction of sp³-hybridized carbons (Fsp3) is 0.250. The summed E-state index contributed by atoms with van der Waals surface area (Å²) in [5, 5.41) is 11.3. The Hall–Kier alpha value is -3.20. The third kappa shape index (κ3) is 5.41. The summed E-state index contributed by atoms with van der Waals surface area (Å²) in [7, 11) is 1.71. The van der Waals surface area contributed by atoms with Gasteiger partial charge in [-0.2, -0.15) is 0 Å². The lowest BCUT2D eigenvalue weighted by Gasteiger charge is -2.15. The van der Waals surface area contributed by atoms with Crippen LogP contribution in [0.15, 0.2) is 52.0 Å². The number of nitrogens with zero attached hydrogens (tertiary/aromatic N) is 4. The zero-order valence-corrected chi connectivity index (χ0v) is 17.1. The summed E-state index contributed by atoms with van der Waals surface area (Å²) < 4.78 is 5.79. The molecular formula is C20H20N4O4S. The van der Waals surface area contributed by atoms with Crippen LogP contribution in [0.1, 0.15) is 17.1 Å². The molecule has 0 aliphatic rings. The van der Waals surface area contributed by atoms with Crippen molar-refractivity contribution in [3.05, 3.63) is 69.7 Å². The Morgan fingerprint density at radius 3 is 2.41 bits per heavy atom. The van der Waals surface area contributed by atoms with E-state index in [0.29, 0.717) is 23.2 Å². The third-order valence-electron chi connectivity index (χ3n) is 4.13. The van der Waals surface area contributed by atoms with Gasteiger partial charge in [-0.1, -0.05) is 11.8 Å². The first-order valence-corrected chi connectivity index (χ1v) is 9.83. The zero-order valence-electron chi connectivity index (χ0n) is 16.3. The minimum atomic E-state index is -0.445. The van der Waals surface area contributed by atoms with Crippen molar-refractivity contribution in [2.75, 3.05) is 12.8 Å². The lowest BCUT2D eigenvalue weighted by molar-refractivity contribution is -0.384. The zero-order chi connectivity index (χ0) is 21.0. The molecule has 0 bridgehead atoms. The van der Waals surface area contributed by atoms with Gasteiger partial charge in [0.25, 0.3) is 5.69 Å². The molecule has 0 unspecified atom stereocenters. The van der Waals surface area contributed by atoms with E-state index in [2.05, 4.69) is 9.97 Å². The molecule has 2 heterocycles. The Bertz CT molecular complexity index is 1010. The maximum absolute atomic E-state index is 12.4. The monoisotopic (exact) mass is 412 g/mol. The van der Waals surface area contributed by atoms with E-state index in [1.165, 1.54) is 23.9 Å². The number of aromatic nitrogens is 2. The summed E-state index contributed by atoms with van der Waals surface area (Å²) in [4.78, 5) is 32.9. The van der Waals surface area contributed by atoms with Crippen LogP contribution < -0.4 is 0 Å². The maximum atomic E-state index is 12.4. The number of rotatable bonds is 7. The molecule has 0 spiro atoms. The van der Waals surface area contributed by atoms with E-state index >= 15 is 0 Å². The third-order valence-corrected chi connectivity index (χ3v) is 4.96. The van der Waals surface area contributed by atoms with E-state index in [1.807, 2.05) is 19.9 Å². The molecule has 0 fully saturated rings. The molecule has 0 N–H and O–H groups in total. The van der Waals surface area contributed by atoms with Crippen molar-refractivity contribution in [3.8, 4) is 11.3 Å². The van der Waals surface area contributed by atoms with Crippen LogP contribution in [0.25, 0.3) is 11.3 Å². The summed E-state index contributed by atoms with van der Waals surface area (Å²) in [6.07, 6.45) is 0. The molecule has 2 aromatic heterocycles. The molecule has 0 atom stereocenters. The van der Waals surface area contributed by atoms with Gasteiger partial charge in [-0.25, -0.2) is 9.97 Å². The van der Waals surface area contributed by atoms with Crippen LogP contribution in [0.2, 0.25) is 0 Å². The smallest absolute Gasteiger partial charge is 0.269 e. The standard InChI is InChI=1S/C20H20N4O4S/c1-13-10-14(2)22-20(21-13)29-12-19(25)23(3)11-17-8-9-18(28-17)15-4-6-16(7-5-15)24(26)27/h4-10H,11-12H2,1-3H3. The quantitative estimate of drug-likeness (QED) is 0.250. The van der Waals surface area contributed by atoms with E-state index in [0.717, 1.165) is 17.0 Å². The number of benzene rings is 1. The molecule has 0 saturated carbocycles. The van der Waals surface area contributed by atoms with E-state index < -0.39 is 4.92 Å². The van der Waals surface area contributed by atoms with Gasteiger partial charge in [0.1, 0.15) is 11.5 Å². The molecular weight excluding hydrogens is 392 g/mol. The van der Waals surface area contributed by atoms with Gasteiger partial charge in [-0.05, 0) is 44.2 Å². The minimum Gasteiger partial charge on any atom is -0.459 e. The average Bonchev–Trinajstić information content (AvgIpc) is 3.14. The molecule has 0 aliphatic carbocycles. The lowest BCUT2D eigenvalue weighted by atomic mass is 10.1. The van der Waals surface area contributed by atoms with E-state index in [-0.39, 0.29) is 17.3 Å². The SMILES string of the molecule is Cc1cc(C)nc(SCC(=O)N(C)Cc2ccc(-c3ccc([N+](=O)[O-])cc3)o2)n1. The highest BCUT2D eigenvalue weighted by atomic mass is 32.2. The first-order chi connectivity index (χ1) is 13.8. The molecule has 1 aromatic carbocycles. The first-order valence-electron chi connectivity index (χ1n) is 8.84. The minimum absolute atomic E-state index is 0.0242. The highest BCUT2D eigenvalue weighted by molar-refractivity contribution is 7.99. The molecule has 0 saturated heterocycles.